The van der Waals surface area contributed by atoms with Crippen LogP contribution in [-0.4, -0.2) is 9.78 Å². The molecular formula is C15H17Cl2N3. The van der Waals surface area contributed by atoms with Gasteiger partial charge in [0.2, 0.25) is 0 Å². The van der Waals surface area contributed by atoms with Gasteiger partial charge >= 0.3 is 0 Å². The number of nitrogens with zero attached hydrogens (tertiary/aromatic N) is 2. The van der Waals surface area contributed by atoms with Crippen molar-refractivity contribution in [2.45, 2.75) is 25.7 Å². The molecule has 0 spiro atoms. The van der Waals surface area contributed by atoms with Gasteiger partial charge in [0, 0.05) is 18.5 Å². The van der Waals surface area contributed by atoms with Crippen molar-refractivity contribution >= 4 is 29.0 Å². The van der Waals surface area contributed by atoms with Gasteiger partial charge in [-0.1, -0.05) is 36.2 Å². The second-order valence-electron chi connectivity index (χ2n) is 5.52. The van der Waals surface area contributed by atoms with Gasteiger partial charge in [-0.15, -0.1) is 0 Å². The maximum Gasteiger partial charge on any atom is 0.129 e. The molecule has 1 saturated carbocycles. The van der Waals surface area contributed by atoms with Crippen LogP contribution in [0.15, 0.2) is 18.2 Å². The zero-order chi connectivity index (χ0) is 14.4. The maximum absolute atomic E-state index is 6.21. The molecule has 1 aliphatic carbocycles. The Morgan fingerprint density at radius 1 is 1.30 bits per heavy atom. The Bertz CT molecular complexity index is 659. The number of aromatic nitrogens is 2. The molecule has 3 rings (SSSR count). The molecule has 2 aromatic rings. The first-order valence-electron chi connectivity index (χ1n) is 6.76. The molecule has 3 nitrogen and oxygen atoms in total. The zero-order valence-corrected chi connectivity index (χ0v) is 13.0. The van der Waals surface area contributed by atoms with Crippen LogP contribution in [0.25, 0.3) is 11.1 Å². The Balaban J connectivity index is 2.13. The van der Waals surface area contributed by atoms with E-state index in [9.17, 15) is 0 Å². The molecule has 1 unspecified atom stereocenters. The van der Waals surface area contributed by atoms with Crippen LogP contribution in [0.2, 0.25) is 10.0 Å². The number of hydrogen-bond donors (Lipinski definition) is 1. The average molecular weight is 310 g/mol. The average Bonchev–Trinajstić information content (AvgIpc) is 3.21. The Labute approximate surface area is 128 Å². The summed E-state index contributed by atoms with van der Waals surface area (Å²) in [6, 6.07) is 5.61. The van der Waals surface area contributed by atoms with E-state index in [4.69, 9.17) is 28.9 Å². The molecule has 0 aliphatic heterocycles. The number of hydrogen-bond acceptors (Lipinski definition) is 2. The first-order chi connectivity index (χ1) is 9.49. The molecule has 0 saturated heterocycles. The summed E-state index contributed by atoms with van der Waals surface area (Å²) < 4.78 is 1.74. The normalized spacial score (nSPS) is 16.4. The molecule has 1 heterocycles. The highest BCUT2D eigenvalue weighted by Gasteiger charge is 2.33. The third-order valence-electron chi connectivity index (χ3n) is 4.09. The molecule has 1 fully saturated rings. The summed E-state index contributed by atoms with van der Waals surface area (Å²) in [5.41, 5.74) is 9.24. The molecule has 5 heteroatoms. The topological polar surface area (TPSA) is 43.8 Å². The lowest BCUT2D eigenvalue weighted by atomic mass is 9.95. The SMILES string of the molecule is CC(c1nn(C)c(N)c1-c1ccc(Cl)c(Cl)c1)C1CC1. The third kappa shape index (κ3) is 2.29. The first-order valence-corrected chi connectivity index (χ1v) is 7.52. The summed E-state index contributed by atoms with van der Waals surface area (Å²) in [6.45, 7) is 2.22. The lowest BCUT2D eigenvalue weighted by Gasteiger charge is -2.11. The van der Waals surface area contributed by atoms with E-state index >= 15 is 0 Å². The number of aryl methyl sites for hydroxylation is 1. The minimum atomic E-state index is 0.419. The predicted octanol–water partition coefficient (Wildman–Crippen LogP) is 4.49. The van der Waals surface area contributed by atoms with Crippen molar-refractivity contribution in [3.63, 3.8) is 0 Å². The highest BCUT2D eigenvalue weighted by Crippen LogP contribution is 2.46. The van der Waals surface area contributed by atoms with Gasteiger partial charge in [-0.3, -0.25) is 4.68 Å². The van der Waals surface area contributed by atoms with Gasteiger partial charge in [0.15, 0.2) is 0 Å². The van der Waals surface area contributed by atoms with E-state index < -0.39 is 0 Å². The molecule has 1 aliphatic rings. The van der Waals surface area contributed by atoms with Gasteiger partial charge in [-0.05, 0) is 36.5 Å². The molecule has 2 N–H and O–H groups in total. The Morgan fingerprint density at radius 3 is 2.60 bits per heavy atom. The summed E-state index contributed by atoms with van der Waals surface area (Å²) in [6.07, 6.45) is 2.55. The van der Waals surface area contributed by atoms with Crippen molar-refractivity contribution in [1.82, 2.24) is 9.78 Å². The summed E-state index contributed by atoms with van der Waals surface area (Å²) in [5.74, 6) is 1.82. The number of nitrogens with two attached hydrogens (primary N) is 1. The van der Waals surface area contributed by atoms with Crippen LogP contribution in [0.3, 0.4) is 0 Å². The summed E-state index contributed by atoms with van der Waals surface area (Å²) in [5, 5.41) is 5.71. The molecule has 0 bridgehead atoms. The minimum absolute atomic E-state index is 0.419. The second kappa shape index (κ2) is 4.97. The molecule has 0 radical (unpaired) electrons. The molecule has 1 aromatic carbocycles. The molecular weight excluding hydrogens is 293 g/mol. The monoisotopic (exact) mass is 309 g/mol. The highest BCUT2D eigenvalue weighted by molar-refractivity contribution is 6.42. The first kappa shape index (κ1) is 13.8. The number of anilines is 1. The third-order valence-corrected chi connectivity index (χ3v) is 4.83. The standard InChI is InChI=1S/C15H17Cl2N3/c1-8(9-3-4-9)14-13(15(18)20(2)19-14)10-5-6-11(16)12(17)7-10/h5-9H,3-4,18H2,1-2H3. The highest BCUT2D eigenvalue weighted by atomic mass is 35.5. The van der Waals surface area contributed by atoms with E-state index in [0.29, 0.717) is 21.8 Å². The minimum Gasteiger partial charge on any atom is -0.383 e. The van der Waals surface area contributed by atoms with E-state index in [1.54, 1.807) is 10.7 Å². The fourth-order valence-corrected chi connectivity index (χ4v) is 2.94. The van der Waals surface area contributed by atoms with E-state index in [0.717, 1.165) is 22.7 Å². The van der Waals surface area contributed by atoms with Gasteiger partial charge in [0.1, 0.15) is 5.82 Å². The van der Waals surface area contributed by atoms with Gasteiger partial charge < -0.3 is 5.73 Å². The smallest absolute Gasteiger partial charge is 0.129 e. The van der Waals surface area contributed by atoms with E-state index in [2.05, 4.69) is 12.0 Å². The molecule has 106 valence electrons. The Kier molecular flexibility index (Phi) is 3.43. The van der Waals surface area contributed by atoms with Crippen LogP contribution < -0.4 is 5.73 Å². The van der Waals surface area contributed by atoms with Crippen molar-refractivity contribution in [3.8, 4) is 11.1 Å². The quantitative estimate of drug-likeness (QED) is 0.907. The van der Waals surface area contributed by atoms with E-state index in [-0.39, 0.29) is 0 Å². The van der Waals surface area contributed by atoms with Crippen molar-refractivity contribution in [3.05, 3.63) is 33.9 Å². The zero-order valence-electron chi connectivity index (χ0n) is 11.5. The Morgan fingerprint density at radius 2 is 2.00 bits per heavy atom. The molecule has 1 aromatic heterocycles. The van der Waals surface area contributed by atoms with Crippen LogP contribution in [0.1, 0.15) is 31.4 Å². The summed E-state index contributed by atoms with van der Waals surface area (Å²) in [7, 11) is 1.87. The van der Waals surface area contributed by atoms with E-state index in [1.807, 2.05) is 19.2 Å². The van der Waals surface area contributed by atoms with Crippen LogP contribution in [0.5, 0.6) is 0 Å². The van der Waals surface area contributed by atoms with Crippen LogP contribution in [0, 0.1) is 5.92 Å². The largest absolute Gasteiger partial charge is 0.383 e. The van der Waals surface area contributed by atoms with Crippen molar-refractivity contribution in [2.24, 2.45) is 13.0 Å². The van der Waals surface area contributed by atoms with Crippen molar-refractivity contribution in [1.29, 1.82) is 0 Å². The number of rotatable bonds is 3. The van der Waals surface area contributed by atoms with Crippen molar-refractivity contribution in [2.75, 3.05) is 5.73 Å². The van der Waals surface area contributed by atoms with Gasteiger partial charge in [-0.2, -0.15) is 5.10 Å². The van der Waals surface area contributed by atoms with E-state index in [1.165, 1.54) is 12.8 Å². The number of benzene rings is 1. The maximum atomic E-state index is 6.21. The Hall–Kier alpha value is -1.19. The lowest BCUT2D eigenvalue weighted by Crippen LogP contribution is -2.00. The van der Waals surface area contributed by atoms with Gasteiger partial charge in [0.25, 0.3) is 0 Å². The summed E-state index contributed by atoms with van der Waals surface area (Å²) >= 11 is 12.1. The second-order valence-corrected chi connectivity index (χ2v) is 6.34. The van der Waals surface area contributed by atoms with Crippen LogP contribution in [-0.2, 0) is 7.05 Å². The van der Waals surface area contributed by atoms with Gasteiger partial charge in [0.05, 0.1) is 15.7 Å². The molecule has 1 atom stereocenters. The van der Waals surface area contributed by atoms with Crippen LogP contribution >= 0.6 is 23.2 Å². The number of halogens is 2. The van der Waals surface area contributed by atoms with Crippen molar-refractivity contribution < 1.29 is 0 Å². The molecule has 20 heavy (non-hydrogen) atoms. The fourth-order valence-electron chi connectivity index (χ4n) is 2.64. The summed E-state index contributed by atoms with van der Waals surface area (Å²) in [4.78, 5) is 0. The predicted molar refractivity (Wildman–Crippen MR) is 84.2 cm³/mol. The van der Waals surface area contributed by atoms with Crippen LogP contribution in [0.4, 0.5) is 5.82 Å². The number of nitrogen functional groups attached to an aromatic ring is 1. The lowest BCUT2D eigenvalue weighted by molar-refractivity contribution is 0.622. The fraction of sp³-hybridized carbons (Fsp3) is 0.400. The van der Waals surface area contributed by atoms with Gasteiger partial charge in [-0.25, -0.2) is 0 Å². The molecule has 0 amide bonds.